The first-order valence-corrected chi connectivity index (χ1v) is 10.1. The number of fused-ring (bicyclic) bond motifs is 4. The molecule has 2 atom stereocenters. The van der Waals surface area contributed by atoms with Gasteiger partial charge in [0.15, 0.2) is 0 Å². The Kier molecular flexibility index (Phi) is 4.14. The van der Waals surface area contributed by atoms with Crippen molar-refractivity contribution in [1.29, 1.82) is 0 Å². The molecule has 1 aromatic carbocycles. The number of aromatic nitrogens is 2. The van der Waals surface area contributed by atoms with Gasteiger partial charge in [-0.3, -0.25) is 0 Å². The van der Waals surface area contributed by atoms with Crippen LogP contribution in [0.3, 0.4) is 0 Å². The van der Waals surface area contributed by atoms with Crippen LogP contribution in [0.1, 0.15) is 48.6 Å². The number of H-pyrrole nitrogens is 1. The molecule has 5 heteroatoms. The van der Waals surface area contributed by atoms with Crippen LogP contribution in [0.5, 0.6) is 5.75 Å². The summed E-state index contributed by atoms with van der Waals surface area (Å²) in [5.41, 5.74) is 6.79. The van der Waals surface area contributed by atoms with Gasteiger partial charge in [-0.15, -0.1) is 0 Å². The molecule has 2 aliphatic carbocycles. The highest BCUT2D eigenvalue weighted by molar-refractivity contribution is 6.32. The number of hydrogen-bond acceptors (Lipinski definition) is 3. The Morgan fingerprint density at radius 2 is 2.15 bits per heavy atom. The van der Waals surface area contributed by atoms with Crippen molar-refractivity contribution in [3.05, 3.63) is 63.7 Å². The third kappa shape index (κ3) is 2.74. The normalized spacial score (nSPS) is 25.3. The Hall–Kier alpha value is -2.04. The first-order valence-electron chi connectivity index (χ1n) is 9.77. The molecule has 0 amide bonds. The molecule has 4 nitrogen and oxygen atoms in total. The number of aromatic hydroxyl groups is 1. The second-order valence-corrected chi connectivity index (χ2v) is 8.32. The summed E-state index contributed by atoms with van der Waals surface area (Å²) in [4.78, 5) is 10.3. The van der Waals surface area contributed by atoms with Gasteiger partial charge in [-0.2, -0.15) is 0 Å². The maximum Gasteiger partial charge on any atom is 0.137 e. The molecule has 2 N–H and O–H groups in total. The molecule has 5 rings (SSSR count). The molecule has 0 bridgehead atoms. The van der Waals surface area contributed by atoms with Crippen LogP contribution in [0.15, 0.2) is 41.7 Å². The number of allylic oxidation sites excluding steroid dienone is 3. The summed E-state index contributed by atoms with van der Waals surface area (Å²) in [6, 6.07) is 4.38. The minimum atomic E-state index is 0.198. The lowest BCUT2D eigenvalue weighted by molar-refractivity contribution is 0.211. The number of hydrogen-bond donors (Lipinski definition) is 2. The number of nitrogens with zero attached hydrogens (tertiary/aromatic N) is 2. The largest absolute Gasteiger partial charge is 0.506 e. The second-order valence-electron chi connectivity index (χ2n) is 7.91. The zero-order valence-electron chi connectivity index (χ0n) is 15.5. The van der Waals surface area contributed by atoms with Gasteiger partial charge in [0.1, 0.15) is 11.6 Å². The lowest BCUT2D eigenvalue weighted by atomic mass is 9.69. The lowest BCUT2D eigenvalue weighted by Crippen LogP contribution is -2.39. The topological polar surface area (TPSA) is 52.1 Å². The molecule has 3 aliphatic rings. The van der Waals surface area contributed by atoms with Crippen LogP contribution in [-0.4, -0.2) is 39.6 Å². The van der Waals surface area contributed by atoms with Gasteiger partial charge < -0.3 is 15.0 Å². The van der Waals surface area contributed by atoms with Gasteiger partial charge in [0, 0.05) is 36.5 Å². The van der Waals surface area contributed by atoms with Crippen LogP contribution in [-0.2, 0) is 6.42 Å². The standard InChI is InChI=1S/C22H24ClN3O/c1-26-10-7-13-11-18(23)20(27)12-17(13)21-15-3-2-4-16(22-24-8-9-25-22)14(15)5-6-19(21)26/h4,8-9,11-12,19,21,27H,2-3,5-7,10H2,1H3,(H,24,25)/t19-,21+/m0/s1. The third-order valence-electron chi connectivity index (χ3n) is 6.52. The number of benzene rings is 1. The molecule has 0 radical (unpaired) electrons. The monoisotopic (exact) mass is 381 g/mol. The fourth-order valence-corrected chi connectivity index (χ4v) is 5.44. The van der Waals surface area contributed by atoms with Gasteiger partial charge in [-0.1, -0.05) is 23.3 Å². The lowest BCUT2D eigenvalue weighted by Gasteiger charge is -2.41. The summed E-state index contributed by atoms with van der Waals surface area (Å²) < 4.78 is 0. The molecule has 2 aromatic rings. The summed E-state index contributed by atoms with van der Waals surface area (Å²) in [5.74, 6) is 1.49. The molecule has 0 saturated heterocycles. The van der Waals surface area contributed by atoms with Gasteiger partial charge in [0.25, 0.3) is 0 Å². The Morgan fingerprint density at radius 3 is 2.96 bits per heavy atom. The predicted octanol–water partition coefficient (Wildman–Crippen LogP) is 4.68. The van der Waals surface area contributed by atoms with E-state index in [0.717, 1.165) is 44.5 Å². The van der Waals surface area contributed by atoms with Gasteiger partial charge in [0.05, 0.1) is 5.02 Å². The van der Waals surface area contributed by atoms with Crippen molar-refractivity contribution in [2.45, 2.75) is 44.1 Å². The highest BCUT2D eigenvalue weighted by atomic mass is 35.5. The molecule has 27 heavy (non-hydrogen) atoms. The van der Waals surface area contributed by atoms with E-state index in [0.29, 0.717) is 17.0 Å². The molecule has 0 fully saturated rings. The summed E-state index contributed by atoms with van der Waals surface area (Å²) in [6.07, 6.45) is 11.4. The SMILES string of the molecule is CN1CCc2cc(Cl)c(O)cc2[C@H]2C3=C(CC[C@@H]21)C(c1ncc[nH]1)=CCC3. The van der Waals surface area contributed by atoms with Crippen molar-refractivity contribution < 1.29 is 5.11 Å². The Balaban J connectivity index is 1.68. The Morgan fingerprint density at radius 1 is 1.26 bits per heavy atom. The van der Waals surface area contributed by atoms with Gasteiger partial charge in [-0.25, -0.2) is 4.98 Å². The van der Waals surface area contributed by atoms with Crippen molar-refractivity contribution in [1.82, 2.24) is 14.9 Å². The fraction of sp³-hybridized carbons (Fsp3) is 0.409. The van der Waals surface area contributed by atoms with Crippen molar-refractivity contribution in [3.8, 4) is 5.75 Å². The van der Waals surface area contributed by atoms with E-state index in [1.54, 1.807) is 0 Å². The first-order chi connectivity index (χ1) is 13.1. The molecular formula is C22H24ClN3O. The third-order valence-corrected chi connectivity index (χ3v) is 6.82. The molecule has 1 aliphatic heterocycles. The van der Waals surface area contributed by atoms with Gasteiger partial charge in [-0.05, 0) is 68.0 Å². The van der Waals surface area contributed by atoms with Crippen molar-refractivity contribution in [3.63, 3.8) is 0 Å². The molecular weight excluding hydrogens is 358 g/mol. The van der Waals surface area contributed by atoms with Crippen molar-refractivity contribution in [2.24, 2.45) is 0 Å². The van der Waals surface area contributed by atoms with E-state index in [4.69, 9.17) is 11.6 Å². The number of phenols is 1. The number of phenolic OH excluding ortho intramolecular Hbond substituents is 1. The van der Waals surface area contributed by atoms with Crippen LogP contribution in [0.4, 0.5) is 0 Å². The number of imidazole rings is 1. The average molecular weight is 382 g/mol. The van der Waals surface area contributed by atoms with E-state index >= 15 is 0 Å². The van der Waals surface area contributed by atoms with E-state index in [9.17, 15) is 5.11 Å². The summed E-state index contributed by atoms with van der Waals surface area (Å²) in [5, 5.41) is 10.8. The molecule has 2 heterocycles. The fourth-order valence-electron chi connectivity index (χ4n) is 5.26. The maximum absolute atomic E-state index is 10.3. The molecule has 1 aromatic heterocycles. The van der Waals surface area contributed by atoms with E-state index < -0.39 is 0 Å². The number of aromatic amines is 1. The summed E-state index contributed by atoms with van der Waals surface area (Å²) in [7, 11) is 2.24. The highest BCUT2D eigenvalue weighted by Gasteiger charge is 2.39. The quantitative estimate of drug-likeness (QED) is 0.754. The zero-order chi connectivity index (χ0) is 18.5. The average Bonchev–Trinajstić information content (AvgIpc) is 3.17. The number of halogens is 1. The molecule has 140 valence electrons. The number of likely N-dealkylation sites (N-methyl/N-ethyl adjacent to an activating group) is 1. The Labute approximate surface area is 164 Å². The van der Waals surface area contributed by atoms with Gasteiger partial charge >= 0.3 is 0 Å². The van der Waals surface area contributed by atoms with Crippen LogP contribution < -0.4 is 0 Å². The van der Waals surface area contributed by atoms with E-state index in [-0.39, 0.29) is 5.75 Å². The highest BCUT2D eigenvalue weighted by Crippen LogP contribution is 2.50. The molecule has 0 spiro atoms. The van der Waals surface area contributed by atoms with Crippen LogP contribution in [0.2, 0.25) is 5.02 Å². The van der Waals surface area contributed by atoms with E-state index in [2.05, 4.69) is 28.0 Å². The smallest absolute Gasteiger partial charge is 0.137 e. The molecule has 0 saturated carbocycles. The predicted molar refractivity (Wildman–Crippen MR) is 108 cm³/mol. The minimum Gasteiger partial charge on any atom is -0.506 e. The minimum absolute atomic E-state index is 0.198. The molecule has 0 unspecified atom stereocenters. The van der Waals surface area contributed by atoms with E-state index in [1.165, 1.54) is 27.8 Å². The zero-order valence-corrected chi connectivity index (χ0v) is 16.3. The Bertz CT molecular complexity index is 945. The van der Waals surface area contributed by atoms with Crippen LogP contribution in [0.25, 0.3) is 5.57 Å². The number of rotatable bonds is 1. The maximum atomic E-state index is 10.3. The van der Waals surface area contributed by atoms with Crippen LogP contribution in [0, 0.1) is 0 Å². The van der Waals surface area contributed by atoms with Crippen LogP contribution >= 0.6 is 11.6 Å². The van der Waals surface area contributed by atoms with Crippen molar-refractivity contribution in [2.75, 3.05) is 13.6 Å². The first kappa shape index (κ1) is 17.1. The van der Waals surface area contributed by atoms with E-state index in [1.807, 2.05) is 24.5 Å². The second kappa shape index (κ2) is 6.54. The van der Waals surface area contributed by atoms with Gasteiger partial charge in [0.2, 0.25) is 0 Å². The van der Waals surface area contributed by atoms with Crippen molar-refractivity contribution >= 4 is 17.2 Å². The number of nitrogens with one attached hydrogen (secondary N) is 1. The summed E-state index contributed by atoms with van der Waals surface area (Å²) in [6.45, 7) is 1.03. The summed E-state index contributed by atoms with van der Waals surface area (Å²) >= 11 is 6.24.